The summed E-state index contributed by atoms with van der Waals surface area (Å²) in [5.41, 5.74) is 0.379. The molecule has 1 aliphatic heterocycles. The van der Waals surface area contributed by atoms with Gasteiger partial charge in [0.15, 0.2) is 0 Å². The molecule has 0 aromatic heterocycles. The van der Waals surface area contributed by atoms with Gasteiger partial charge < -0.3 is 15.5 Å². The van der Waals surface area contributed by atoms with Gasteiger partial charge in [0, 0.05) is 30.0 Å². The fraction of sp³-hybridized carbons (Fsp3) is 0.364. The molecule has 0 unspecified atom stereocenters. The summed E-state index contributed by atoms with van der Waals surface area (Å²) in [6.45, 7) is 1.26. The lowest BCUT2D eigenvalue weighted by atomic mass is 10.1. The quantitative estimate of drug-likeness (QED) is 0.734. The van der Waals surface area contributed by atoms with E-state index < -0.39 is 17.6 Å². The summed E-state index contributed by atoms with van der Waals surface area (Å²) in [6.07, 6.45) is -0.218. The average Bonchev–Trinajstić information content (AvgIpc) is 3.01. The number of carbonyl (C=O) groups is 2. The summed E-state index contributed by atoms with van der Waals surface area (Å²) < 4.78 is 38.3. The fourth-order valence-corrected chi connectivity index (χ4v) is 3.38. The average molecular weight is 419 g/mol. The van der Waals surface area contributed by atoms with Crippen molar-refractivity contribution in [1.82, 2.24) is 4.90 Å². The molecule has 1 saturated heterocycles. The van der Waals surface area contributed by atoms with Crippen LogP contribution in [0.4, 0.5) is 24.5 Å². The first-order chi connectivity index (χ1) is 14.3. The largest absolute Gasteiger partial charge is 0.416 e. The van der Waals surface area contributed by atoms with Crippen LogP contribution in [-0.2, 0) is 11.0 Å². The number of amides is 2. The number of likely N-dealkylation sites (tertiary alicyclic amines) is 1. The first kappa shape index (κ1) is 21.7. The molecule has 0 bridgehead atoms. The normalized spacial score (nSPS) is 14.7. The molecule has 1 heterocycles. The minimum atomic E-state index is -4.44. The molecule has 5 nitrogen and oxygen atoms in total. The molecule has 1 aliphatic rings. The second kappa shape index (κ2) is 9.65. The van der Waals surface area contributed by atoms with Crippen LogP contribution in [-0.4, -0.2) is 36.3 Å². The standard InChI is InChI=1S/C22H24F3N3O2/c23-22(24,25)17-8-6-9-18(14-17)26-15-20(29)27-19-10-5-7-16(13-19)21(30)28-11-3-1-2-4-12-28/h5-10,13-14,26H,1-4,11-12,15H2,(H,27,29). The van der Waals surface area contributed by atoms with Crippen LogP contribution in [0.1, 0.15) is 41.6 Å². The lowest BCUT2D eigenvalue weighted by Gasteiger charge is -2.20. The van der Waals surface area contributed by atoms with Gasteiger partial charge in [0.1, 0.15) is 0 Å². The first-order valence-electron chi connectivity index (χ1n) is 9.93. The summed E-state index contributed by atoms with van der Waals surface area (Å²) in [6, 6.07) is 11.4. The molecule has 2 amide bonds. The number of nitrogens with one attached hydrogen (secondary N) is 2. The molecule has 0 radical (unpaired) electrons. The third-order valence-corrected chi connectivity index (χ3v) is 4.93. The Morgan fingerprint density at radius 1 is 0.900 bits per heavy atom. The van der Waals surface area contributed by atoms with Crippen molar-refractivity contribution in [2.45, 2.75) is 31.9 Å². The van der Waals surface area contributed by atoms with Gasteiger partial charge in [0.2, 0.25) is 5.91 Å². The van der Waals surface area contributed by atoms with Crippen molar-refractivity contribution in [2.24, 2.45) is 0 Å². The summed E-state index contributed by atoms with van der Waals surface area (Å²) in [5, 5.41) is 5.36. The molecule has 30 heavy (non-hydrogen) atoms. The van der Waals surface area contributed by atoms with Crippen molar-refractivity contribution in [3.05, 3.63) is 59.7 Å². The predicted octanol–water partition coefficient (Wildman–Crippen LogP) is 4.77. The molecule has 3 rings (SSSR count). The third kappa shape index (κ3) is 5.98. The van der Waals surface area contributed by atoms with Crippen molar-refractivity contribution >= 4 is 23.2 Å². The summed E-state index contributed by atoms with van der Waals surface area (Å²) in [7, 11) is 0. The van der Waals surface area contributed by atoms with E-state index in [1.165, 1.54) is 12.1 Å². The highest BCUT2D eigenvalue weighted by molar-refractivity contribution is 5.98. The van der Waals surface area contributed by atoms with Crippen molar-refractivity contribution in [1.29, 1.82) is 0 Å². The molecule has 8 heteroatoms. The number of anilines is 2. The monoisotopic (exact) mass is 419 g/mol. The maximum Gasteiger partial charge on any atom is 0.416 e. The molecule has 0 atom stereocenters. The van der Waals surface area contributed by atoms with Crippen molar-refractivity contribution in [3.8, 4) is 0 Å². The van der Waals surface area contributed by atoms with E-state index in [0.29, 0.717) is 11.3 Å². The molecule has 0 spiro atoms. The van der Waals surface area contributed by atoms with Crippen LogP contribution in [0.3, 0.4) is 0 Å². The van der Waals surface area contributed by atoms with Gasteiger partial charge in [0.05, 0.1) is 12.1 Å². The molecule has 2 N–H and O–H groups in total. The zero-order valence-corrected chi connectivity index (χ0v) is 16.5. The maximum atomic E-state index is 12.8. The first-order valence-corrected chi connectivity index (χ1v) is 9.93. The predicted molar refractivity (Wildman–Crippen MR) is 109 cm³/mol. The van der Waals surface area contributed by atoms with Crippen LogP contribution in [0, 0.1) is 0 Å². The molecule has 2 aromatic rings. The van der Waals surface area contributed by atoms with Crippen LogP contribution >= 0.6 is 0 Å². The second-order valence-electron chi connectivity index (χ2n) is 7.27. The number of alkyl halides is 3. The lowest BCUT2D eigenvalue weighted by molar-refractivity contribution is -0.137. The van der Waals surface area contributed by atoms with Crippen molar-refractivity contribution in [3.63, 3.8) is 0 Å². The van der Waals surface area contributed by atoms with Crippen LogP contribution in [0.5, 0.6) is 0 Å². The second-order valence-corrected chi connectivity index (χ2v) is 7.27. The Morgan fingerprint density at radius 2 is 1.57 bits per heavy atom. The van der Waals surface area contributed by atoms with Crippen molar-refractivity contribution < 1.29 is 22.8 Å². The maximum absolute atomic E-state index is 12.8. The topological polar surface area (TPSA) is 61.4 Å². The number of halogens is 3. The number of rotatable bonds is 5. The highest BCUT2D eigenvalue weighted by atomic mass is 19.4. The van der Waals surface area contributed by atoms with Crippen LogP contribution < -0.4 is 10.6 Å². The minimum Gasteiger partial charge on any atom is -0.376 e. The number of hydrogen-bond acceptors (Lipinski definition) is 3. The lowest BCUT2D eigenvalue weighted by Crippen LogP contribution is -2.31. The molecule has 2 aromatic carbocycles. The van der Waals surface area contributed by atoms with E-state index in [9.17, 15) is 22.8 Å². The summed E-state index contributed by atoms with van der Waals surface area (Å²) in [4.78, 5) is 26.8. The Hall–Kier alpha value is -3.03. The molecule has 0 aliphatic carbocycles. The molecule has 0 saturated carbocycles. The van der Waals surface area contributed by atoms with Crippen LogP contribution in [0.2, 0.25) is 0 Å². The Morgan fingerprint density at radius 3 is 2.27 bits per heavy atom. The van der Waals surface area contributed by atoms with Gasteiger partial charge >= 0.3 is 6.18 Å². The van der Waals surface area contributed by atoms with E-state index in [2.05, 4.69) is 10.6 Å². The van der Waals surface area contributed by atoms with E-state index in [-0.39, 0.29) is 18.1 Å². The zero-order valence-electron chi connectivity index (χ0n) is 16.5. The van der Waals surface area contributed by atoms with Gasteiger partial charge in [0.25, 0.3) is 5.91 Å². The van der Waals surface area contributed by atoms with E-state index in [4.69, 9.17) is 0 Å². The molecule has 160 valence electrons. The van der Waals surface area contributed by atoms with Crippen LogP contribution in [0.25, 0.3) is 0 Å². The Bertz CT molecular complexity index is 891. The summed E-state index contributed by atoms with van der Waals surface area (Å²) in [5.74, 6) is -0.484. The van der Waals surface area contributed by atoms with Gasteiger partial charge in [-0.3, -0.25) is 9.59 Å². The number of carbonyl (C=O) groups excluding carboxylic acids is 2. The Balaban J connectivity index is 1.58. The molecular weight excluding hydrogens is 395 g/mol. The highest BCUT2D eigenvalue weighted by Crippen LogP contribution is 2.30. The van der Waals surface area contributed by atoms with E-state index in [0.717, 1.165) is 50.9 Å². The van der Waals surface area contributed by atoms with Crippen molar-refractivity contribution in [2.75, 3.05) is 30.3 Å². The Kier molecular flexibility index (Phi) is 6.97. The molecular formula is C22H24F3N3O2. The van der Waals surface area contributed by atoms with E-state index in [1.807, 2.05) is 4.90 Å². The Labute approximate surface area is 173 Å². The smallest absolute Gasteiger partial charge is 0.376 e. The minimum absolute atomic E-state index is 0.0601. The van der Waals surface area contributed by atoms with Gasteiger partial charge in [-0.15, -0.1) is 0 Å². The third-order valence-electron chi connectivity index (χ3n) is 4.93. The number of nitrogens with zero attached hydrogens (tertiary/aromatic N) is 1. The SMILES string of the molecule is O=C(CNc1cccc(C(F)(F)F)c1)Nc1cccc(C(=O)N2CCCCCC2)c1. The van der Waals surface area contributed by atoms with Gasteiger partial charge in [-0.2, -0.15) is 13.2 Å². The van der Waals surface area contributed by atoms with E-state index >= 15 is 0 Å². The fourth-order valence-electron chi connectivity index (χ4n) is 3.38. The summed E-state index contributed by atoms with van der Waals surface area (Å²) >= 11 is 0. The number of benzene rings is 2. The van der Waals surface area contributed by atoms with Gasteiger partial charge in [-0.1, -0.05) is 25.0 Å². The van der Waals surface area contributed by atoms with E-state index in [1.54, 1.807) is 24.3 Å². The number of hydrogen-bond donors (Lipinski definition) is 2. The molecule has 1 fully saturated rings. The highest BCUT2D eigenvalue weighted by Gasteiger charge is 2.30. The van der Waals surface area contributed by atoms with Gasteiger partial charge in [-0.25, -0.2) is 0 Å². The van der Waals surface area contributed by atoms with Crippen LogP contribution in [0.15, 0.2) is 48.5 Å². The van der Waals surface area contributed by atoms with Gasteiger partial charge in [-0.05, 0) is 49.2 Å². The zero-order chi connectivity index (χ0) is 21.6.